The molecule has 1 fully saturated rings. The third-order valence-electron chi connectivity index (χ3n) is 3.01. The Morgan fingerprint density at radius 2 is 2.07 bits per heavy atom. The standard InChI is InChI=1S/C12H16N2O/c1-3-9-14(2)11(15)12(10-13)7-5-4-6-8-12/h1H,4-9H2,2H3. The van der Waals surface area contributed by atoms with Crippen LogP contribution >= 0.6 is 0 Å². The quantitative estimate of drug-likeness (QED) is 0.640. The highest BCUT2D eigenvalue weighted by atomic mass is 16.2. The van der Waals surface area contributed by atoms with E-state index in [9.17, 15) is 10.1 Å². The largest absolute Gasteiger partial charge is 0.333 e. The number of hydrogen-bond donors (Lipinski definition) is 0. The van der Waals surface area contributed by atoms with Crippen LogP contribution in [-0.2, 0) is 4.79 Å². The molecule has 1 rings (SSSR count). The van der Waals surface area contributed by atoms with E-state index < -0.39 is 5.41 Å². The van der Waals surface area contributed by atoms with Crippen molar-refractivity contribution in [2.24, 2.45) is 5.41 Å². The van der Waals surface area contributed by atoms with Gasteiger partial charge in [0, 0.05) is 7.05 Å². The van der Waals surface area contributed by atoms with E-state index in [-0.39, 0.29) is 12.5 Å². The second-order valence-corrected chi connectivity index (χ2v) is 4.12. The van der Waals surface area contributed by atoms with E-state index >= 15 is 0 Å². The molecular formula is C12H16N2O. The van der Waals surface area contributed by atoms with E-state index in [0.717, 1.165) is 19.3 Å². The minimum atomic E-state index is -0.802. The first kappa shape index (κ1) is 11.6. The zero-order valence-corrected chi connectivity index (χ0v) is 9.12. The van der Waals surface area contributed by atoms with Crippen molar-refractivity contribution in [1.82, 2.24) is 4.90 Å². The second-order valence-electron chi connectivity index (χ2n) is 4.12. The van der Waals surface area contributed by atoms with Gasteiger partial charge in [0.15, 0.2) is 0 Å². The Morgan fingerprint density at radius 1 is 1.47 bits per heavy atom. The molecule has 3 nitrogen and oxygen atoms in total. The highest BCUT2D eigenvalue weighted by molar-refractivity contribution is 5.85. The van der Waals surface area contributed by atoms with Gasteiger partial charge in [0.2, 0.25) is 5.91 Å². The summed E-state index contributed by atoms with van der Waals surface area (Å²) in [5.41, 5.74) is -0.802. The van der Waals surface area contributed by atoms with E-state index in [1.807, 2.05) is 0 Å². The molecule has 80 valence electrons. The summed E-state index contributed by atoms with van der Waals surface area (Å²) in [6, 6.07) is 2.20. The Balaban J connectivity index is 2.78. The van der Waals surface area contributed by atoms with Crippen LogP contribution in [0.5, 0.6) is 0 Å². The zero-order chi connectivity index (χ0) is 11.3. The van der Waals surface area contributed by atoms with Crippen molar-refractivity contribution in [3.05, 3.63) is 0 Å². The number of carbonyl (C=O) groups excluding carboxylic acids is 1. The summed E-state index contributed by atoms with van der Waals surface area (Å²) in [6.45, 7) is 0.280. The maximum absolute atomic E-state index is 12.0. The van der Waals surface area contributed by atoms with Gasteiger partial charge in [-0.1, -0.05) is 25.2 Å². The fourth-order valence-corrected chi connectivity index (χ4v) is 2.10. The van der Waals surface area contributed by atoms with E-state index in [0.29, 0.717) is 12.8 Å². The monoisotopic (exact) mass is 204 g/mol. The SMILES string of the molecule is C#CCN(C)C(=O)C1(C#N)CCCCC1. The van der Waals surface area contributed by atoms with E-state index in [1.54, 1.807) is 7.05 Å². The highest BCUT2D eigenvalue weighted by Crippen LogP contribution is 2.37. The lowest BCUT2D eigenvalue weighted by Crippen LogP contribution is -2.42. The average molecular weight is 204 g/mol. The first-order chi connectivity index (χ1) is 7.16. The second kappa shape index (κ2) is 4.84. The van der Waals surface area contributed by atoms with E-state index in [2.05, 4.69) is 12.0 Å². The predicted octanol–water partition coefficient (Wildman–Crippen LogP) is 1.55. The van der Waals surface area contributed by atoms with E-state index in [4.69, 9.17) is 6.42 Å². The lowest BCUT2D eigenvalue weighted by molar-refractivity contribution is -0.138. The number of terminal acetylenes is 1. The van der Waals surface area contributed by atoms with Gasteiger partial charge in [-0.15, -0.1) is 6.42 Å². The fraction of sp³-hybridized carbons (Fsp3) is 0.667. The highest BCUT2D eigenvalue weighted by Gasteiger charge is 2.41. The maximum atomic E-state index is 12.0. The molecule has 0 unspecified atom stereocenters. The molecule has 0 aliphatic heterocycles. The molecule has 1 saturated carbocycles. The zero-order valence-electron chi connectivity index (χ0n) is 9.12. The molecule has 1 amide bonds. The smallest absolute Gasteiger partial charge is 0.243 e. The lowest BCUT2D eigenvalue weighted by Gasteiger charge is -2.32. The predicted molar refractivity (Wildman–Crippen MR) is 57.6 cm³/mol. The van der Waals surface area contributed by atoms with Crippen LogP contribution in [0, 0.1) is 29.1 Å². The molecule has 0 saturated heterocycles. The van der Waals surface area contributed by atoms with Crippen molar-refractivity contribution in [2.45, 2.75) is 32.1 Å². The van der Waals surface area contributed by atoms with Gasteiger partial charge in [0.05, 0.1) is 12.6 Å². The molecular weight excluding hydrogens is 188 g/mol. The molecule has 0 spiro atoms. The maximum Gasteiger partial charge on any atom is 0.243 e. The Labute approximate surface area is 91.1 Å². The average Bonchev–Trinajstić information content (AvgIpc) is 2.29. The minimum absolute atomic E-state index is 0.109. The van der Waals surface area contributed by atoms with Crippen molar-refractivity contribution in [2.75, 3.05) is 13.6 Å². The molecule has 0 aromatic carbocycles. The molecule has 0 aromatic rings. The van der Waals surface area contributed by atoms with Gasteiger partial charge in [-0.25, -0.2) is 0 Å². The lowest BCUT2D eigenvalue weighted by atomic mass is 9.74. The topological polar surface area (TPSA) is 44.1 Å². The molecule has 1 aliphatic rings. The molecule has 0 bridgehead atoms. The molecule has 0 radical (unpaired) electrons. The Morgan fingerprint density at radius 3 is 2.53 bits per heavy atom. The van der Waals surface area contributed by atoms with Gasteiger partial charge >= 0.3 is 0 Å². The molecule has 0 atom stereocenters. The summed E-state index contributed by atoms with van der Waals surface area (Å²) in [5.74, 6) is 2.32. The van der Waals surface area contributed by atoms with Crippen LogP contribution in [0.15, 0.2) is 0 Å². The Bertz CT molecular complexity index is 315. The van der Waals surface area contributed by atoms with Crippen LogP contribution < -0.4 is 0 Å². The minimum Gasteiger partial charge on any atom is -0.333 e. The van der Waals surface area contributed by atoms with Crippen LogP contribution in [0.1, 0.15) is 32.1 Å². The van der Waals surface area contributed by atoms with Crippen LogP contribution in [0.2, 0.25) is 0 Å². The molecule has 15 heavy (non-hydrogen) atoms. The number of nitrogens with zero attached hydrogens (tertiary/aromatic N) is 2. The third kappa shape index (κ3) is 2.30. The molecule has 1 aliphatic carbocycles. The summed E-state index contributed by atoms with van der Waals surface area (Å²) in [5, 5.41) is 9.18. The number of hydrogen-bond acceptors (Lipinski definition) is 2. The van der Waals surface area contributed by atoms with Gasteiger partial charge in [-0.3, -0.25) is 4.79 Å². The summed E-state index contributed by atoms with van der Waals surface area (Å²) < 4.78 is 0. The summed E-state index contributed by atoms with van der Waals surface area (Å²) >= 11 is 0. The van der Waals surface area contributed by atoms with Gasteiger partial charge in [0.1, 0.15) is 5.41 Å². The number of amides is 1. The summed E-state index contributed by atoms with van der Waals surface area (Å²) in [7, 11) is 1.66. The van der Waals surface area contributed by atoms with Crippen molar-refractivity contribution in [3.8, 4) is 18.4 Å². The first-order valence-corrected chi connectivity index (χ1v) is 5.26. The van der Waals surface area contributed by atoms with Gasteiger partial charge in [0.25, 0.3) is 0 Å². The number of rotatable bonds is 2. The summed E-state index contributed by atoms with van der Waals surface area (Å²) in [4.78, 5) is 13.5. The van der Waals surface area contributed by atoms with Crippen LogP contribution in [-0.4, -0.2) is 24.4 Å². The first-order valence-electron chi connectivity index (χ1n) is 5.26. The van der Waals surface area contributed by atoms with Gasteiger partial charge in [-0.2, -0.15) is 5.26 Å². The normalized spacial score (nSPS) is 18.6. The van der Waals surface area contributed by atoms with Crippen LogP contribution in [0.3, 0.4) is 0 Å². The Kier molecular flexibility index (Phi) is 3.74. The molecule has 0 heterocycles. The number of carbonyl (C=O) groups is 1. The van der Waals surface area contributed by atoms with Gasteiger partial charge < -0.3 is 4.90 Å². The van der Waals surface area contributed by atoms with Gasteiger partial charge in [-0.05, 0) is 12.8 Å². The van der Waals surface area contributed by atoms with Crippen molar-refractivity contribution in [1.29, 1.82) is 5.26 Å². The van der Waals surface area contributed by atoms with Crippen molar-refractivity contribution < 1.29 is 4.79 Å². The number of nitriles is 1. The fourth-order valence-electron chi connectivity index (χ4n) is 2.10. The molecule has 0 aromatic heterocycles. The van der Waals surface area contributed by atoms with Crippen LogP contribution in [0.25, 0.3) is 0 Å². The third-order valence-corrected chi connectivity index (χ3v) is 3.01. The van der Waals surface area contributed by atoms with Crippen LogP contribution in [0.4, 0.5) is 0 Å². The molecule has 3 heteroatoms. The summed E-state index contributed by atoms with van der Waals surface area (Å²) in [6.07, 6.45) is 9.55. The van der Waals surface area contributed by atoms with E-state index in [1.165, 1.54) is 4.90 Å². The Hall–Kier alpha value is -1.48. The van der Waals surface area contributed by atoms with Crippen molar-refractivity contribution >= 4 is 5.91 Å². The van der Waals surface area contributed by atoms with Crippen molar-refractivity contribution in [3.63, 3.8) is 0 Å². The molecule has 0 N–H and O–H groups in total.